The second-order valence-electron chi connectivity index (χ2n) is 5.23. The summed E-state index contributed by atoms with van der Waals surface area (Å²) < 4.78 is 12.4. The molecule has 2 heterocycles. The summed E-state index contributed by atoms with van der Waals surface area (Å²) in [7, 11) is 3.51. The topological polar surface area (TPSA) is 68.6 Å². The monoisotopic (exact) mass is 296 g/mol. The Morgan fingerprint density at radius 1 is 1.67 bits per heavy atom. The number of aryl methyl sites for hydroxylation is 1. The minimum Gasteiger partial charge on any atom is -0.383 e. The standard InChI is InChI=1S/C14H24N4O3/c1-17-10-12(8-16-17)11-18(4-6-20-2)14(19)7-13-9-15-3-5-21-13/h8,10,13,15H,3-7,9,11H2,1-2H3. The van der Waals surface area contributed by atoms with E-state index in [0.717, 1.165) is 18.7 Å². The summed E-state index contributed by atoms with van der Waals surface area (Å²) in [6, 6.07) is 0. The fourth-order valence-corrected chi connectivity index (χ4v) is 2.34. The van der Waals surface area contributed by atoms with Crippen LogP contribution in [0.5, 0.6) is 0 Å². The average molecular weight is 296 g/mol. The van der Waals surface area contributed by atoms with Crippen LogP contribution >= 0.6 is 0 Å². The molecule has 0 aliphatic carbocycles. The van der Waals surface area contributed by atoms with E-state index in [1.54, 1.807) is 22.9 Å². The Morgan fingerprint density at radius 2 is 2.52 bits per heavy atom. The highest BCUT2D eigenvalue weighted by Crippen LogP contribution is 2.09. The molecule has 2 rings (SSSR count). The smallest absolute Gasteiger partial charge is 0.225 e. The molecule has 0 aromatic carbocycles. The number of rotatable bonds is 7. The lowest BCUT2D eigenvalue weighted by molar-refractivity contribution is -0.136. The maximum atomic E-state index is 12.5. The van der Waals surface area contributed by atoms with Gasteiger partial charge in [-0.15, -0.1) is 0 Å². The van der Waals surface area contributed by atoms with Gasteiger partial charge in [0.15, 0.2) is 0 Å². The van der Waals surface area contributed by atoms with Gasteiger partial charge in [-0.05, 0) is 0 Å². The van der Waals surface area contributed by atoms with Crippen LogP contribution in [0.25, 0.3) is 0 Å². The lowest BCUT2D eigenvalue weighted by Crippen LogP contribution is -2.43. The quantitative estimate of drug-likeness (QED) is 0.753. The first-order valence-electron chi connectivity index (χ1n) is 7.25. The highest BCUT2D eigenvalue weighted by molar-refractivity contribution is 5.76. The molecular weight excluding hydrogens is 272 g/mol. The van der Waals surface area contributed by atoms with E-state index in [1.165, 1.54) is 0 Å². The summed E-state index contributed by atoms with van der Waals surface area (Å²) in [5.41, 5.74) is 1.02. The minimum absolute atomic E-state index is 0.0369. The number of hydrogen-bond donors (Lipinski definition) is 1. The second kappa shape index (κ2) is 8.11. The van der Waals surface area contributed by atoms with Crippen molar-refractivity contribution in [1.29, 1.82) is 0 Å². The molecule has 118 valence electrons. The molecule has 1 aromatic rings. The zero-order chi connectivity index (χ0) is 15.1. The van der Waals surface area contributed by atoms with Crippen molar-refractivity contribution in [2.75, 3.05) is 40.0 Å². The van der Waals surface area contributed by atoms with Crippen LogP contribution in [-0.4, -0.2) is 66.6 Å². The van der Waals surface area contributed by atoms with Crippen LogP contribution in [0.4, 0.5) is 0 Å². The zero-order valence-electron chi connectivity index (χ0n) is 12.7. The zero-order valence-corrected chi connectivity index (χ0v) is 12.7. The summed E-state index contributed by atoms with van der Waals surface area (Å²) >= 11 is 0. The van der Waals surface area contributed by atoms with Crippen LogP contribution < -0.4 is 5.32 Å². The van der Waals surface area contributed by atoms with Gasteiger partial charge in [0.25, 0.3) is 0 Å². The SMILES string of the molecule is COCCN(Cc1cnn(C)c1)C(=O)CC1CNCCO1. The first-order valence-corrected chi connectivity index (χ1v) is 7.25. The molecule has 21 heavy (non-hydrogen) atoms. The number of ether oxygens (including phenoxy) is 2. The van der Waals surface area contributed by atoms with E-state index in [4.69, 9.17) is 9.47 Å². The number of methoxy groups -OCH3 is 1. The fourth-order valence-electron chi connectivity index (χ4n) is 2.34. The van der Waals surface area contributed by atoms with Crippen molar-refractivity contribution in [3.8, 4) is 0 Å². The molecule has 1 atom stereocenters. The summed E-state index contributed by atoms with van der Waals surface area (Å²) in [5, 5.41) is 7.38. The van der Waals surface area contributed by atoms with Crippen molar-refractivity contribution in [1.82, 2.24) is 20.0 Å². The van der Waals surface area contributed by atoms with Gasteiger partial charge in [-0.25, -0.2) is 0 Å². The van der Waals surface area contributed by atoms with Crippen LogP contribution in [0.2, 0.25) is 0 Å². The van der Waals surface area contributed by atoms with Gasteiger partial charge in [0.2, 0.25) is 5.91 Å². The van der Waals surface area contributed by atoms with Crippen LogP contribution in [0, 0.1) is 0 Å². The van der Waals surface area contributed by atoms with E-state index in [1.807, 2.05) is 13.2 Å². The molecule has 7 nitrogen and oxygen atoms in total. The third-order valence-electron chi connectivity index (χ3n) is 3.46. The van der Waals surface area contributed by atoms with Gasteiger partial charge < -0.3 is 19.7 Å². The lowest BCUT2D eigenvalue weighted by atomic mass is 10.2. The van der Waals surface area contributed by atoms with Crippen LogP contribution in [0.3, 0.4) is 0 Å². The van der Waals surface area contributed by atoms with Gasteiger partial charge in [-0.3, -0.25) is 9.48 Å². The maximum absolute atomic E-state index is 12.5. The Bertz CT molecular complexity index is 443. The molecular formula is C14H24N4O3. The van der Waals surface area contributed by atoms with E-state index in [9.17, 15) is 4.79 Å². The highest BCUT2D eigenvalue weighted by atomic mass is 16.5. The highest BCUT2D eigenvalue weighted by Gasteiger charge is 2.21. The number of carbonyl (C=O) groups is 1. The molecule has 1 aromatic heterocycles. The van der Waals surface area contributed by atoms with Crippen LogP contribution in [0.15, 0.2) is 12.4 Å². The molecule has 7 heteroatoms. The van der Waals surface area contributed by atoms with Gasteiger partial charge in [0.1, 0.15) is 0 Å². The number of nitrogens with one attached hydrogen (secondary N) is 1. The predicted octanol–water partition coefficient (Wildman–Crippen LogP) is -0.226. The molecule has 0 bridgehead atoms. The Balaban J connectivity index is 1.91. The summed E-state index contributed by atoms with van der Waals surface area (Å²) in [6.07, 6.45) is 4.07. The third kappa shape index (κ3) is 5.11. The van der Waals surface area contributed by atoms with E-state index >= 15 is 0 Å². The second-order valence-corrected chi connectivity index (χ2v) is 5.23. The number of morpholine rings is 1. The molecule has 1 fully saturated rings. The molecule has 1 aliphatic heterocycles. The Hall–Kier alpha value is -1.44. The van der Waals surface area contributed by atoms with Crippen molar-refractivity contribution in [3.05, 3.63) is 18.0 Å². The van der Waals surface area contributed by atoms with Gasteiger partial charge >= 0.3 is 0 Å². The number of amides is 1. The normalized spacial score (nSPS) is 18.7. The van der Waals surface area contributed by atoms with Crippen molar-refractivity contribution >= 4 is 5.91 Å². The Labute approximate surface area is 125 Å². The van der Waals surface area contributed by atoms with E-state index in [0.29, 0.717) is 32.7 Å². The largest absolute Gasteiger partial charge is 0.383 e. The first kappa shape index (κ1) is 15.9. The molecule has 1 N–H and O–H groups in total. The van der Waals surface area contributed by atoms with Gasteiger partial charge in [0, 0.05) is 52.1 Å². The predicted molar refractivity (Wildman–Crippen MR) is 77.7 cm³/mol. The number of aromatic nitrogens is 2. The molecule has 1 unspecified atom stereocenters. The number of nitrogens with zero attached hydrogens (tertiary/aromatic N) is 3. The summed E-state index contributed by atoms with van der Waals surface area (Å²) in [6.45, 7) is 3.90. The molecule has 1 amide bonds. The Kier molecular flexibility index (Phi) is 6.16. The summed E-state index contributed by atoms with van der Waals surface area (Å²) in [4.78, 5) is 14.3. The maximum Gasteiger partial charge on any atom is 0.225 e. The molecule has 0 radical (unpaired) electrons. The van der Waals surface area contributed by atoms with Crippen molar-refractivity contribution in [3.63, 3.8) is 0 Å². The van der Waals surface area contributed by atoms with Crippen molar-refractivity contribution < 1.29 is 14.3 Å². The third-order valence-corrected chi connectivity index (χ3v) is 3.46. The molecule has 0 spiro atoms. The number of hydrogen-bond acceptors (Lipinski definition) is 5. The van der Waals surface area contributed by atoms with Crippen LogP contribution in [-0.2, 0) is 27.9 Å². The Morgan fingerprint density at radius 3 is 3.14 bits per heavy atom. The van der Waals surface area contributed by atoms with Gasteiger partial charge in [0.05, 0.1) is 31.9 Å². The minimum atomic E-state index is -0.0369. The molecule has 1 aliphatic rings. The van der Waals surface area contributed by atoms with Gasteiger partial charge in [-0.1, -0.05) is 0 Å². The average Bonchev–Trinajstić information content (AvgIpc) is 2.89. The van der Waals surface area contributed by atoms with E-state index in [-0.39, 0.29) is 12.0 Å². The first-order chi connectivity index (χ1) is 10.2. The fraction of sp³-hybridized carbons (Fsp3) is 0.714. The van der Waals surface area contributed by atoms with Crippen molar-refractivity contribution in [2.24, 2.45) is 7.05 Å². The van der Waals surface area contributed by atoms with Crippen LogP contribution in [0.1, 0.15) is 12.0 Å². The lowest BCUT2D eigenvalue weighted by Gasteiger charge is -2.27. The van der Waals surface area contributed by atoms with Crippen molar-refractivity contribution in [2.45, 2.75) is 19.1 Å². The molecule has 0 saturated carbocycles. The van der Waals surface area contributed by atoms with E-state index < -0.39 is 0 Å². The van der Waals surface area contributed by atoms with Gasteiger partial charge in [-0.2, -0.15) is 5.10 Å². The summed E-state index contributed by atoms with van der Waals surface area (Å²) in [5.74, 6) is 0.0876. The van der Waals surface area contributed by atoms with E-state index in [2.05, 4.69) is 10.4 Å². The molecule has 1 saturated heterocycles. The number of carbonyl (C=O) groups excluding carboxylic acids is 1.